The smallest absolute Gasteiger partial charge is 0.209 e. The SMILES string of the molecule is CN(C)C1N[C@H]2C(=C[C@H](CO)[C@@H](O)[C@@H]2O)O1. The normalized spacial score (nSPS) is 42.9. The quantitative estimate of drug-likeness (QED) is 0.441. The van der Waals surface area contributed by atoms with Gasteiger partial charge in [0.25, 0.3) is 0 Å². The van der Waals surface area contributed by atoms with Gasteiger partial charge in [-0.05, 0) is 20.2 Å². The highest BCUT2D eigenvalue weighted by Crippen LogP contribution is 2.30. The summed E-state index contributed by atoms with van der Waals surface area (Å²) in [5.41, 5.74) is 0. The molecule has 0 aromatic heterocycles. The maximum Gasteiger partial charge on any atom is 0.209 e. The first-order valence-electron chi connectivity index (χ1n) is 5.32. The predicted octanol–water partition coefficient (Wildman–Crippen LogP) is -1.95. The Labute approximate surface area is 94.1 Å². The van der Waals surface area contributed by atoms with E-state index in [1.807, 2.05) is 19.0 Å². The molecule has 6 heteroatoms. The minimum atomic E-state index is -0.962. The molecule has 6 nitrogen and oxygen atoms in total. The third-order valence-corrected chi connectivity index (χ3v) is 3.06. The minimum absolute atomic E-state index is 0.204. The molecule has 1 unspecified atom stereocenters. The Balaban J connectivity index is 2.18. The van der Waals surface area contributed by atoms with Gasteiger partial charge in [-0.3, -0.25) is 10.2 Å². The molecule has 2 aliphatic rings. The monoisotopic (exact) mass is 230 g/mol. The van der Waals surface area contributed by atoms with Crippen molar-refractivity contribution in [2.45, 2.75) is 24.6 Å². The number of aliphatic hydroxyl groups excluding tert-OH is 3. The average Bonchev–Trinajstić information content (AvgIpc) is 2.67. The summed E-state index contributed by atoms with van der Waals surface area (Å²) in [7, 11) is 3.70. The fourth-order valence-electron chi connectivity index (χ4n) is 2.06. The molecular weight excluding hydrogens is 212 g/mol. The molecule has 92 valence electrons. The Bertz CT molecular complexity index is 295. The number of hydrogen-bond acceptors (Lipinski definition) is 6. The number of fused-ring (bicyclic) bond motifs is 1. The molecule has 2 rings (SSSR count). The van der Waals surface area contributed by atoms with Gasteiger partial charge in [0, 0.05) is 5.92 Å². The molecule has 5 atom stereocenters. The zero-order chi connectivity index (χ0) is 11.9. The summed E-state index contributed by atoms with van der Waals surface area (Å²) in [6, 6.07) is -0.398. The Morgan fingerprint density at radius 3 is 2.62 bits per heavy atom. The second-order valence-corrected chi connectivity index (χ2v) is 4.47. The lowest BCUT2D eigenvalue weighted by Gasteiger charge is -2.31. The number of nitrogens with one attached hydrogen (secondary N) is 1. The van der Waals surface area contributed by atoms with Gasteiger partial charge in [-0.2, -0.15) is 0 Å². The molecule has 0 aromatic carbocycles. The third kappa shape index (κ3) is 1.83. The zero-order valence-electron chi connectivity index (χ0n) is 9.37. The highest BCUT2D eigenvalue weighted by Gasteiger charge is 2.44. The maximum atomic E-state index is 9.89. The van der Waals surface area contributed by atoms with Gasteiger partial charge in [0.1, 0.15) is 11.9 Å². The van der Waals surface area contributed by atoms with Crippen LogP contribution in [0.2, 0.25) is 0 Å². The summed E-state index contributed by atoms with van der Waals surface area (Å²) < 4.78 is 5.57. The van der Waals surface area contributed by atoms with E-state index < -0.39 is 24.2 Å². The van der Waals surface area contributed by atoms with E-state index in [-0.39, 0.29) is 13.0 Å². The number of hydrogen-bond donors (Lipinski definition) is 4. The predicted molar refractivity (Wildman–Crippen MR) is 56.2 cm³/mol. The highest BCUT2D eigenvalue weighted by molar-refractivity contribution is 5.19. The molecule has 1 aliphatic heterocycles. The van der Waals surface area contributed by atoms with Crippen molar-refractivity contribution in [2.75, 3.05) is 20.7 Å². The molecule has 1 aliphatic carbocycles. The van der Waals surface area contributed by atoms with Gasteiger partial charge in [-0.1, -0.05) is 0 Å². The fraction of sp³-hybridized carbons (Fsp3) is 0.800. The van der Waals surface area contributed by atoms with Gasteiger partial charge in [0.05, 0.1) is 18.8 Å². The van der Waals surface area contributed by atoms with Crippen LogP contribution in [0, 0.1) is 5.92 Å². The Kier molecular flexibility index (Phi) is 3.18. The van der Waals surface area contributed by atoms with E-state index in [4.69, 9.17) is 9.84 Å². The molecule has 1 saturated heterocycles. The molecule has 1 heterocycles. The van der Waals surface area contributed by atoms with Crippen LogP contribution >= 0.6 is 0 Å². The van der Waals surface area contributed by atoms with Crippen LogP contribution in [0.5, 0.6) is 0 Å². The van der Waals surface area contributed by atoms with Crippen molar-refractivity contribution >= 4 is 0 Å². The number of aliphatic hydroxyl groups is 3. The van der Waals surface area contributed by atoms with Crippen molar-refractivity contribution in [3.05, 3.63) is 11.8 Å². The summed E-state index contributed by atoms with van der Waals surface area (Å²) in [5.74, 6) is 0.125. The minimum Gasteiger partial charge on any atom is -0.465 e. The van der Waals surface area contributed by atoms with E-state index >= 15 is 0 Å². The van der Waals surface area contributed by atoms with Crippen LogP contribution in [0.15, 0.2) is 11.8 Å². The largest absolute Gasteiger partial charge is 0.465 e. The molecule has 16 heavy (non-hydrogen) atoms. The molecule has 0 spiro atoms. The summed E-state index contributed by atoms with van der Waals surface area (Å²) in [6.07, 6.45) is -0.549. The lowest BCUT2D eigenvalue weighted by Crippen LogP contribution is -2.52. The average molecular weight is 230 g/mol. The molecule has 0 radical (unpaired) electrons. The van der Waals surface area contributed by atoms with Crippen LogP contribution in [0.25, 0.3) is 0 Å². The fourth-order valence-corrected chi connectivity index (χ4v) is 2.06. The number of ether oxygens (including phenoxy) is 1. The summed E-state index contributed by atoms with van der Waals surface area (Å²) >= 11 is 0. The molecule has 1 fully saturated rings. The summed E-state index contributed by atoms with van der Waals surface area (Å²) in [6.45, 7) is -0.204. The van der Waals surface area contributed by atoms with Gasteiger partial charge >= 0.3 is 0 Å². The second kappa shape index (κ2) is 4.31. The molecular formula is C10H18N2O4. The van der Waals surface area contributed by atoms with E-state index in [0.29, 0.717) is 5.76 Å². The Hall–Kier alpha value is -0.660. The summed E-state index contributed by atoms with van der Waals surface area (Å²) in [5, 5.41) is 31.8. The van der Waals surface area contributed by atoms with E-state index in [0.717, 1.165) is 0 Å². The zero-order valence-corrected chi connectivity index (χ0v) is 9.37. The first kappa shape index (κ1) is 11.8. The van der Waals surface area contributed by atoms with E-state index in [2.05, 4.69) is 5.32 Å². The van der Waals surface area contributed by atoms with Crippen molar-refractivity contribution in [3.8, 4) is 0 Å². The Morgan fingerprint density at radius 1 is 1.38 bits per heavy atom. The van der Waals surface area contributed by atoms with Gasteiger partial charge in [-0.25, -0.2) is 0 Å². The highest BCUT2D eigenvalue weighted by atomic mass is 16.5. The number of nitrogens with zero attached hydrogens (tertiary/aromatic N) is 1. The van der Waals surface area contributed by atoms with Crippen molar-refractivity contribution in [1.82, 2.24) is 10.2 Å². The standard InChI is InChI=1S/C10H18N2O4/c1-12(2)10-11-7-6(16-10)3-5(4-13)8(14)9(7)15/h3,5,7-11,13-15H,4H2,1-2H3/t5-,7+,8-,9-,10?/m1/s1. The van der Waals surface area contributed by atoms with Crippen molar-refractivity contribution in [1.29, 1.82) is 0 Å². The van der Waals surface area contributed by atoms with Crippen molar-refractivity contribution < 1.29 is 20.1 Å². The lowest BCUT2D eigenvalue weighted by atomic mass is 9.87. The van der Waals surface area contributed by atoms with Gasteiger partial charge in [-0.15, -0.1) is 0 Å². The van der Waals surface area contributed by atoms with Gasteiger partial charge in [0.15, 0.2) is 0 Å². The van der Waals surface area contributed by atoms with Crippen molar-refractivity contribution in [3.63, 3.8) is 0 Å². The van der Waals surface area contributed by atoms with Crippen LogP contribution in [0.1, 0.15) is 0 Å². The van der Waals surface area contributed by atoms with Crippen LogP contribution < -0.4 is 5.32 Å². The first-order chi connectivity index (χ1) is 7.54. The lowest BCUT2D eigenvalue weighted by molar-refractivity contribution is -0.0377. The molecule has 4 N–H and O–H groups in total. The van der Waals surface area contributed by atoms with E-state index in [1.54, 1.807) is 6.08 Å². The molecule has 0 saturated carbocycles. The topological polar surface area (TPSA) is 85.2 Å². The van der Waals surface area contributed by atoms with Crippen LogP contribution in [-0.4, -0.2) is 65.5 Å². The molecule has 0 aromatic rings. The first-order valence-corrected chi connectivity index (χ1v) is 5.32. The van der Waals surface area contributed by atoms with Gasteiger partial charge in [0.2, 0.25) is 6.35 Å². The van der Waals surface area contributed by atoms with Crippen LogP contribution in [0.4, 0.5) is 0 Å². The Morgan fingerprint density at radius 2 is 2.06 bits per heavy atom. The van der Waals surface area contributed by atoms with Crippen LogP contribution in [-0.2, 0) is 4.74 Å². The van der Waals surface area contributed by atoms with Crippen molar-refractivity contribution in [2.24, 2.45) is 5.92 Å². The molecule has 0 amide bonds. The second-order valence-electron chi connectivity index (χ2n) is 4.47. The maximum absolute atomic E-state index is 9.89. The molecule has 0 bridgehead atoms. The third-order valence-electron chi connectivity index (χ3n) is 3.06. The van der Waals surface area contributed by atoms with Crippen LogP contribution in [0.3, 0.4) is 0 Å². The van der Waals surface area contributed by atoms with E-state index in [9.17, 15) is 10.2 Å². The number of rotatable bonds is 2. The van der Waals surface area contributed by atoms with E-state index in [1.165, 1.54) is 0 Å². The summed E-state index contributed by atoms with van der Waals surface area (Å²) in [4.78, 5) is 1.83. The van der Waals surface area contributed by atoms with Gasteiger partial charge < -0.3 is 20.1 Å².